The Hall–Kier alpha value is -2.83. The smallest absolute Gasteiger partial charge is 0.278 e. The average Bonchev–Trinajstić information content (AvgIpc) is 3.08. The minimum absolute atomic E-state index is 0.238. The van der Waals surface area contributed by atoms with E-state index in [1.165, 1.54) is 6.92 Å². The van der Waals surface area contributed by atoms with E-state index in [-0.39, 0.29) is 11.5 Å². The van der Waals surface area contributed by atoms with Crippen molar-refractivity contribution in [3.05, 3.63) is 42.2 Å². The highest BCUT2D eigenvalue weighted by Crippen LogP contribution is 2.34. The number of hydrogen-bond donors (Lipinski definition) is 2. The highest BCUT2D eigenvalue weighted by atomic mass is 16.5. The second-order valence-electron chi connectivity index (χ2n) is 8.21. The summed E-state index contributed by atoms with van der Waals surface area (Å²) in [4.78, 5) is 25.7. The maximum absolute atomic E-state index is 13.1. The van der Waals surface area contributed by atoms with Gasteiger partial charge in [-0.25, -0.2) is 0 Å². The Morgan fingerprint density at radius 2 is 2.15 bits per heavy atom. The number of nitrogens with zero attached hydrogens (tertiary/aromatic N) is 2. The fourth-order valence-corrected chi connectivity index (χ4v) is 2.92. The van der Waals surface area contributed by atoms with Gasteiger partial charge in [0.2, 0.25) is 0 Å². The number of carbonyl (C=O) groups excluding carboxylic acids is 2. The van der Waals surface area contributed by atoms with Gasteiger partial charge in [-0.3, -0.25) is 14.3 Å². The lowest BCUT2D eigenvalue weighted by molar-refractivity contribution is -0.147. The molecule has 1 aliphatic rings. The Morgan fingerprint density at radius 1 is 1.41 bits per heavy atom. The van der Waals surface area contributed by atoms with Gasteiger partial charge in [-0.1, -0.05) is 26.8 Å². The quantitative estimate of drug-likeness (QED) is 0.810. The zero-order chi connectivity index (χ0) is 19.8. The zero-order valence-corrected chi connectivity index (χ0v) is 16.4. The molecule has 7 heteroatoms. The van der Waals surface area contributed by atoms with Gasteiger partial charge in [-0.15, -0.1) is 0 Å². The Morgan fingerprint density at radius 3 is 2.78 bits per heavy atom. The molecule has 0 spiro atoms. The zero-order valence-electron chi connectivity index (χ0n) is 16.4. The SMILES string of the molecule is Cc1ccc2c(c1)NC(=O)C(C)(C(=O)NC(Cn1cccn1)C(C)(C)C)O2. The summed E-state index contributed by atoms with van der Waals surface area (Å²) in [5.41, 5.74) is -0.305. The van der Waals surface area contributed by atoms with Crippen LogP contribution in [0, 0.1) is 12.3 Å². The first-order valence-electron chi connectivity index (χ1n) is 8.99. The van der Waals surface area contributed by atoms with E-state index >= 15 is 0 Å². The van der Waals surface area contributed by atoms with Gasteiger partial charge >= 0.3 is 0 Å². The van der Waals surface area contributed by atoms with Crippen LogP contribution in [0.15, 0.2) is 36.7 Å². The molecule has 1 aliphatic heterocycles. The number of anilines is 1. The number of rotatable bonds is 4. The van der Waals surface area contributed by atoms with Crippen molar-refractivity contribution in [3.8, 4) is 5.75 Å². The molecule has 3 rings (SSSR count). The summed E-state index contributed by atoms with van der Waals surface area (Å²) < 4.78 is 7.61. The third-order valence-electron chi connectivity index (χ3n) is 4.84. The van der Waals surface area contributed by atoms with Gasteiger partial charge in [0, 0.05) is 12.4 Å². The van der Waals surface area contributed by atoms with Crippen molar-refractivity contribution in [2.75, 3.05) is 5.32 Å². The molecule has 2 amide bonds. The van der Waals surface area contributed by atoms with Crippen LogP contribution in [0.4, 0.5) is 5.69 Å². The Labute approximate surface area is 159 Å². The van der Waals surface area contributed by atoms with E-state index in [1.54, 1.807) is 16.9 Å². The van der Waals surface area contributed by atoms with E-state index in [9.17, 15) is 9.59 Å². The van der Waals surface area contributed by atoms with Gasteiger partial charge in [0.25, 0.3) is 17.4 Å². The largest absolute Gasteiger partial charge is 0.466 e. The molecule has 2 unspecified atom stereocenters. The lowest BCUT2D eigenvalue weighted by atomic mass is 9.86. The number of nitrogens with one attached hydrogen (secondary N) is 2. The number of amides is 2. The molecule has 1 aromatic carbocycles. The van der Waals surface area contributed by atoms with E-state index < -0.39 is 17.4 Å². The first kappa shape index (κ1) is 18.9. The predicted octanol–water partition coefficient (Wildman–Crippen LogP) is 2.51. The molecule has 2 aromatic rings. The number of ether oxygens (including phenoxy) is 1. The molecule has 0 saturated heterocycles. The maximum Gasteiger partial charge on any atom is 0.278 e. The number of benzene rings is 1. The van der Waals surface area contributed by atoms with Gasteiger partial charge in [-0.2, -0.15) is 5.10 Å². The van der Waals surface area contributed by atoms with Crippen LogP contribution in [0.25, 0.3) is 0 Å². The molecular weight excluding hydrogens is 344 g/mol. The molecule has 2 atom stereocenters. The highest BCUT2D eigenvalue weighted by molar-refractivity contribution is 6.15. The Bertz CT molecular complexity index is 855. The van der Waals surface area contributed by atoms with Crippen molar-refractivity contribution in [2.45, 2.75) is 52.8 Å². The molecule has 0 fully saturated rings. The molecular formula is C20H26N4O3. The average molecular weight is 370 g/mol. The van der Waals surface area contributed by atoms with E-state index in [4.69, 9.17) is 4.74 Å². The monoisotopic (exact) mass is 370 g/mol. The van der Waals surface area contributed by atoms with Crippen molar-refractivity contribution < 1.29 is 14.3 Å². The van der Waals surface area contributed by atoms with Crippen LogP contribution in [0.2, 0.25) is 0 Å². The topological polar surface area (TPSA) is 85.3 Å². The minimum Gasteiger partial charge on any atom is -0.466 e. The van der Waals surface area contributed by atoms with Crippen LogP contribution in [0.5, 0.6) is 5.75 Å². The number of aryl methyl sites for hydroxylation is 1. The second-order valence-corrected chi connectivity index (χ2v) is 8.21. The predicted molar refractivity (Wildman–Crippen MR) is 102 cm³/mol. The van der Waals surface area contributed by atoms with Crippen LogP contribution in [-0.4, -0.2) is 33.2 Å². The maximum atomic E-state index is 13.1. The Balaban J connectivity index is 1.82. The van der Waals surface area contributed by atoms with Crippen molar-refractivity contribution in [1.82, 2.24) is 15.1 Å². The van der Waals surface area contributed by atoms with Crippen LogP contribution in [-0.2, 0) is 16.1 Å². The molecule has 0 aliphatic carbocycles. The lowest BCUT2D eigenvalue weighted by Gasteiger charge is -2.37. The molecule has 27 heavy (non-hydrogen) atoms. The minimum atomic E-state index is -1.64. The second kappa shape index (κ2) is 6.72. The van der Waals surface area contributed by atoms with Crippen LogP contribution in [0.3, 0.4) is 0 Å². The molecule has 1 aromatic heterocycles. The summed E-state index contributed by atoms with van der Waals surface area (Å²) in [6.45, 7) is 10.0. The van der Waals surface area contributed by atoms with Gasteiger partial charge in [0.05, 0.1) is 18.3 Å². The summed E-state index contributed by atoms with van der Waals surface area (Å²) in [5.74, 6) is -0.472. The highest BCUT2D eigenvalue weighted by Gasteiger charge is 2.48. The summed E-state index contributed by atoms with van der Waals surface area (Å²) in [6, 6.07) is 7.06. The van der Waals surface area contributed by atoms with Crippen molar-refractivity contribution in [3.63, 3.8) is 0 Å². The molecule has 0 radical (unpaired) electrons. The molecule has 7 nitrogen and oxygen atoms in total. The van der Waals surface area contributed by atoms with E-state index in [0.29, 0.717) is 18.0 Å². The number of aromatic nitrogens is 2. The van der Waals surface area contributed by atoms with Crippen molar-refractivity contribution in [2.24, 2.45) is 5.41 Å². The van der Waals surface area contributed by atoms with Crippen molar-refractivity contribution in [1.29, 1.82) is 0 Å². The summed E-state index contributed by atoms with van der Waals surface area (Å²) in [6.07, 6.45) is 3.54. The van der Waals surface area contributed by atoms with Crippen molar-refractivity contribution >= 4 is 17.5 Å². The summed E-state index contributed by atoms with van der Waals surface area (Å²) >= 11 is 0. The molecule has 2 N–H and O–H groups in total. The van der Waals surface area contributed by atoms with Gasteiger partial charge in [0.1, 0.15) is 5.75 Å². The summed E-state index contributed by atoms with van der Waals surface area (Å²) in [7, 11) is 0. The van der Waals surface area contributed by atoms with Crippen LogP contribution >= 0.6 is 0 Å². The van der Waals surface area contributed by atoms with Gasteiger partial charge in [0.15, 0.2) is 0 Å². The third kappa shape index (κ3) is 3.82. The normalized spacial score (nSPS) is 20.3. The van der Waals surface area contributed by atoms with Crippen LogP contribution in [0.1, 0.15) is 33.3 Å². The fraction of sp³-hybridized carbons (Fsp3) is 0.450. The third-order valence-corrected chi connectivity index (χ3v) is 4.84. The Kier molecular flexibility index (Phi) is 4.71. The summed E-state index contributed by atoms with van der Waals surface area (Å²) in [5, 5.41) is 9.99. The molecule has 144 valence electrons. The standard InChI is InChI=1S/C20H26N4O3/c1-13-7-8-15-14(11-13)22-17(25)20(5,27-15)18(26)23-16(19(2,3)4)12-24-10-6-9-21-24/h6-11,16H,12H2,1-5H3,(H,22,25)(H,23,26). The molecule has 0 saturated carbocycles. The van der Waals surface area contributed by atoms with Gasteiger partial charge in [-0.05, 0) is 43.0 Å². The lowest BCUT2D eigenvalue weighted by Crippen LogP contribution is -2.62. The number of hydrogen-bond acceptors (Lipinski definition) is 4. The first-order chi connectivity index (χ1) is 12.6. The first-order valence-corrected chi connectivity index (χ1v) is 8.99. The van der Waals surface area contributed by atoms with E-state index in [1.807, 2.05) is 52.1 Å². The van der Waals surface area contributed by atoms with Crippen LogP contribution < -0.4 is 15.4 Å². The van der Waals surface area contributed by atoms with Gasteiger partial charge < -0.3 is 15.4 Å². The fourth-order valence-electron chi connectivity index (χ4n) is 2.92. The number of carbonyl (C=O) groups is 2. The molecule has 2 heterocycles. The molecule has 0 bridgehead atoms. The van der Waals surface area contributed by atoms with E-state index in [0.717, 1.165) is 5.56 Å². The van der Waals surface area contributed by atoms with E-state index in [2.05, 4.69) is 15.7 Å². The number of fused-ring (bicyclic) bond motifs is 1.